The molecule has 1 aliphatic heterocycles. The van der Waals surface area contributed by atoms with Crippen molar-refractivity contribution >= 4 is 17.4 Å². The fraction of sp³-hybridized carbons (Fsp3) is 0.615. The zero-order chi connectivity index (χ0) is 12.5. The number of aryl methyl sites for hydroxylation is 1. The molecule has 4 heteroatoms. The second kappa shape index (κ2) is 4.83. The van der Waals surface area contributed by atoms with Crippen LogP contribution in [0.2, 0.25) is 0 Å². The largest absolute Gasteiger partial charge is 0.372 e. The third-order valence-electron chi connectivity index (χ3n) is 3.07. The van der Waals surface area contributed by atoms with Crippen molar-refractivity contribution in [1.29, 1.82) is 0 Å². The summed E-state index contributed by atoms with van der Waals surface area (Å²) >= 11 is 5.84. The molecule has 94 valence electrons. The molecule has 0 atom stereocenters. The van der Waals surface area contributed by atoms with E-state index in [1.54, 1.807) is 0 Å². The summed E-state index contributed by atoms with van der Waals surface area (Å²) in [5.41, 5.74) is 2.02. The maximum Gasteiger partial charge on any atom is 0.128 e. The lowest BCUT2D eigenvalue weighted by Gasteiger charge is -2.38. The Morgan fingerprint density at radius 3 is 2.82 bits per heavy atom. The van der Waals surface area contributed by atoms with E-state index in [9.17, 15) is 0 Å². The maximum atomic E-state index is 5.84. The molecule has 2 heterocycles. The van der Waals surface area contributed by atoms with E-state index in [2.05, 4.69) is 29.8 Å². The highest BCUT2D eigenvalue weighted by Gasteiger charge is 2.27. The first-order valence-corrected chi connectivity index (χ1v) is 6.47. The Morgan fingerprint density at radius 1 is 1.47 bits per heavy atom. The first kappa shape index (κ1) is 12.7. The Hall–Kier alpha value is -0.800. The lowest BCUT2D eigenvalue weighted by atomic mass is 10.1. The van der Waals surface area contributed by atoms with Crippen molar-refractivity contribution in [1.82, 2.24) is 4.98 Å². The number of alkyl halides is 1. The van der Waals surface area contributed by atoms with Gasteiger partial charge in [0.2, 0.25) is 0 Å². The molecule has 0 spiro atoms. The molecule has 0 unspecified atom stereocenters. The van der Waals surface area contributed by atoms with Crippen LogP contribution in [0.25, 0.3) is 0 Å². The number of ether oxygens (including phenoxy) is 1. The number of anilines is 1. The molecule has 1 saturated heterocycles. The summed E-state index contributed by atoms with van der Waals surface area (Å²) in [6.45, 7) is 8.76. The lowest BCUT2D eigenvalue weighted by Crippen LogP contribution is -2.48. The van der Waals surface area contributed by atoms with Crippen LogP contribution in [0.3, 0.4) is 0 Å². The summed E-state index contributed by atoms with van der Waals surface area (Å²) in [6, 6.07) is 4.11. The van der Waals surface area contributed by atoms with E-state index in [0.717, 1.165) is 36.8 Å². The minimum Gasteiger partial charge on any atom is -0.372 e. The van der Waals surface area contributed by atoms with Gasteiger partial charge in [0.05, 0.1) is 12.2 Å². The quantitative estimate of drug-likeness (QED) is 0.759. The second-order valence-corrected chi connectivity index (χ2v) is 5.34. The molecular weight excluding hydrogens is 236 g/mol. The van der Waals surface area contributed by atoms with E-state index in [1.165, 1.54) is 0 Å². The molecule has 1 aromatic heterocycles. The normalized spacial score (nSPS) is 19.4. The molecular formula is C13H19ClN2O. The Morgan fingerprint density at radius 2 is 2.24 bits per heavy atom. The molecule has 0 amide bonds. The van der Waals surface area contributed by atoms with E-state index in [0.29, 0.717) is 5.88 Å². The van der Waals surface area contributed by atoms with Crippen molar-refractivity contribution < 1.29 is 4.74 Å². The van der Waals surface area contributed by atoms with E-state index in [4.69, 9.17) is 16.3 Å². The fourth-order valence-electron chi connectivity index (χ4n) is 2.11. The molecule has 0 radical (unpaired) electrons. The van der Waals surface area contributed by atoms with E-state index in [1.807, 2.05) is 13.0 Å². The zero-order valence-electron chi connectivity index (χ0n) is 10.7. The summed E-state index contributed by atoms with van der Waals surface area (Å²) < 4.78 is 5.70. The summed E-state index contributed by atoms with van der Waals surface area (Å²) in [5.74, 6) is 1.54. The number of hydrogen-bond acceptors (Lipinski definition) is 3. The smallest absolute Gasteiger partial charge is 0.128 e. The van der Waals surface area contributed by atoms with Gasteiger partial charge < -0.3 is 9.64 Å². The van der Waals surface area contributed by atoms with Crippen molar-refractivity contribution in [2.45, 2.75) is 32.3 Å². The zero-order valence-corrected chi connectivity index (χ0v) is 11.4. The predicted octanol–water partition coefficient (Wildman–Crippen LogP) is 2.74. The van der Waals surface area contributed by atoms with Gasteiger partial charge in [-0.25, -0.2) is 4.98 Å². The van der Waals surface area contributed by atoms with Crippen LogP contribution in [-0.4, -0.2) is 30.3 Å². The highest BCUT2D eigenvalue weighted by atomic mass is 35.5. The standard InChI is InChI=1S/C13H19ClN2O/c1-10-11(8-14)4-5-12(15-10)16-6-7-17-13(2,3)9-16/h4-5H,6-9H2,1-3H3. The van der Waals surface area contributed by atoms with Gasteiger partial charge in [-0.15, -0.1) is 11.6 Å². The van der Waals surface area contributed by atoms with Gasteiger partial charge in [-0.2, -0.15) is 0 Å². The SMILES string of the molecule is Cc1nc(N2CCOC(C)(C)C2)ccc1CCl. The molecule has 0 bridgehead atoms. The monoisotopic (exact) mass is 254 g/mol. The molecule has 1 aliphatic rings. The number of morpholine rings is 1. The van der Waals surface area contributed by atoms with Gasteiger partial charge in [-0.3, -0.25) is 0 Å². The summed E-state index contributed by atoms with van der Waals surface area (Å²) in [6.07, 6.45) is 0. The predicted molar refractivity (Wildman–Crippen MR) is 70.8 cm³/mol. The Bertz CT molecular complexity index is 406. The molecule has 1 aromatic rings. The average Bonchev–Trinajstić information content (AvgIpc) is 2.27. The lowest BCUT2D eigenvalue weighted by molar-refractivity contribution is -0.0279. The van der Waals surface area contributed by atoms with E-state index < -0.39 is 0 Å². The second-order valence-electron chi connectivity index (χ2n) is 5.08. The van der Waals surface area contributed by atoms with Gasteiger partial charge in [0, 0.05) is 24.7 Å². The third kappa shape index (κ3) is 2.90. The molecule has 0 aromatic carbocycles. The van der Waals surface area contributed by atoms with Crippen LogP contribution < -0.4 is 4.90 Å². The number of halogens is 1. The van der Waals surface area contributed by atoms with Crippen LogP contribution in [-0.2, 0) is 10.6 Å². The van der Waals surface area contributed by atoms with Crippen molar-refractivity contribution in [3.8, 4) is 0 Å². The summed E-state index contributed by atoms with van der Waals surface area (Å²) in [7, 11) is 0. The molecule has 2 rings (SSSR count). The first-order valence-electron chi connectivity index (χ1n) is 5.93. The van der Waals surface area contributed by atoms with Gasteiger partial charge in [-0.1, -0.05) is 6.07 Å². The number of nitrogens with zero attached hydrogens (tertiary/aromatic N) is 2. The number of pyridine rings is 1. The Kier molecular flexibility index (Phi) is 3.59. The summed E-state index contributed by atoms with van der Waals surface area (Å²) in [4.78, 5) is 6.89. The van der Waals surface area contributed by atoms with Crippen molar-refractivity contribution in [2.75, 3.05) is 24.6 Å². The van der Waals surface area contributed by atoms with E-state index >= 15 is 0 Å². The number of hydrogen-bond donors (Lipinski definition) is 0. The molecule has 1 fully saturated rings. The number of aromatic nitrogens is 1. The van der Waals surface area contributed by atoms with Gasteiger partial charge in [-0.05, 0) is 32.4 Å². The van der Waals surface area contributed by atoms with Crippen molar-refractivity contribution in [3.05, 3.63) is 23.4 Å². The molecule has 0 aliphatic carbocycles. The van der Waals surface area contributed by atoms with Crippen LogP contribution in [0.1, 0.15) is 25.1 Å². The first-order chi connectivity index (χ1) is 8.02. The summed E-state index contributed by atoms with van der Waals surface area (Å²) in [5, 5.41) is 0. The van der Waals surface area contributed by atoms with Crippen LogP contribution in [0, 0.1) is 6.92 Å². The van der Waals surface area contributed by atoms with Crippen LogP contribution in [0.4, 0.5) is 5.82 Å². The highest BCUT2D eigenvalue weighted by molar-refractivity contribution is 6.17. The third-order valence-corrected chi connectivity index (χ3v) is 3.36. The number of rotatable bonds is 2. The van der Waals surface area contributed by atoms with Crippen LogP contribution >= 0.6 is 11.6 Å². The Balaban J connectivity index is 2.19. The van der Waals surface area contributed by atoms with Gasteiger partial charge >= 0.3 is 0 Å². The molecule has 3 nitrogen and oxygen atoms in total. The highest BCUT2D eigenvalue weighted by Crippen LogP contribution is 2.22. The van der Waals surface area contributed by atoms with Gasteiger partial charge in [0.25, 0.3) is 0 Å². The Labute approximate surface area is 108 Å². The topological polar surface area (TPSA) is 25.4 Å². The van der Waals surface area contributed by atoms with Crippen molar-refractivity contribution in [3.63, 3.8) is 0 Å². The average molecular weight is 255 g/mol. The van der Waals surface area contributed by atoms with Crippen LogP contribution in [0.15, 0.2) is 12.1 Å². The molecule has 0 saturated carbocycles. The fourth-order valence-corrected chi connectivity index (χ4v) is 2.39. The minimum absolute atomic E-state index is 0.0982. The molecule has 0 N–H and O–H groups in total. The van der Waals surface area contributed by atoms with Gasteiger partial charge in [0.15, 0.2) is 0 Å². The molecule has 17 heavy (non-hydrogen) atoms. The minimum atomic E-state index is -0.0982. The van der Waals surface area contributed by atoms with Crippen LogP contribution in [0.5, 0.6) is 0 Å². The van der Waals surface area contributed by atoms with Gasteiger partial charge in [0.1, 0.15) is 5.82 Å². The van der Waals surface area contributed by atoms with E-state index in [-0.39, 0.29) is 5.60 Å². The maximum absolute atomic E-state index is 5.84. The van der Waals surface area contributed by atoms with Crippen molar-refractivity contribution in [2.24, 2.45) is 0 Å².